The summed E-state index contributed by atoms with van der Waals surface area (Å²) in [4.78, 5) is 32.9. The monoisotopic (exact) mass is 539 g/mol. The van der Waals surface area contributed by atoms with E-state index in [4.69, 9.17) is 14.5 Å². The van der Waals surface area contributed by atoms with Crippen LogP contribution in [0.1, 0.15) is 18.9 Å². The number of carbonyl (C=O) groups is 1. The van der Waals surface area contributed by atoms with Crippen LogP contribution in [0.15, 0.2) is 48.8 Å². The van der Waals surface area contributed by atoms with Crippen molar-refractivity contribution in [2.24, 2.45) is 0 Å². The molecule has 6 rings (SSSR count). The fraction of sp³-hybridized carbons (Fsp3) is 0.345. The molecule has 2 saturated heterocycles. The number of imidazole rings is 1. The van der Waals surface area contributed by atoms with Crippen LogP contribution in [-0.4, -0.2) is 87.5 Å². The minimum atomic E-state index is -1.05. The molecule has 11 nitrogen and oxygen atoms in total. The van der Waals surface area contributed by atoms with Gasteiger partial charge in [-0.2, -0.15) is 5.26 Å². The van der Waals surface area contributed by atoms with Crippen molar-refractivity contribution in [3.05, 3.63) is 54.4 Å². The number of H-pyrrole nitrogens is 1. The maximum atomic E-state index is 12.1. The Balaban J connectivity index is 1.23. The van der Waals surface area contributed by atoms with E-state index < -0.39 is 6.10 Å². The topological polar surface area (TPSA) is 140 Å². The molecule has 11 heteroatoms. The number of anilines is 1. The maximum Gasteiger partial charge on any atom is 0.251 e. The minimum absolute atomic E-state index is 0.255. The van der Waals surface area contributed by atoms with E-state index in [0.29, 0.717) is 59.1 Å². The summed E-state index contributed by atoms with van der Waals surface area (Å²) in [5.41, 5.74) is 4.97. The van der Waals surface area contributed by atoms with Gasteiger partial charge in [-0.15, -0.1) is 0 Å². The number of nitrogens with one attached hydrogen (secondary N) is 1. The molecule has 0 bridgehead atoms. The summed E-state index contributed by atoms with van der Waals surface area (Å²) in [7, 11) is 0. The Hall–Kier alpha value is -4.53. The number of aliphatic hydroxyl groups is 1. The molecule has 0 unspecified atom stereocenters. The number of carbonyl (C=O) groups excluding carboxylic acids is 1. The second kappa shape index (κ2) is 10.9. The highest BCUT2D eigenvalue weighted by atomic mass is 16.5. The largest absolute Gasteiger partial charge is 0.487 e. The van der Waals surface area contributed by atoms with Crippen LogP contribution in [0.5, 0.6) is 5.75 Å². The first-order valence-corrected chi connectivity index (χ1v) is 13.3. The molecule has 0 spiro atoms. The number of nitrogens with zero attached hydrogens (tertiary/aromatic N) is 6. The number of nitriles is 1. The third-order valence-corrected chi connectivity index (χ3v) is 7.28. The number of likely N-dealkylation sites (tertiary alicyclic amines) is 1. The van der Waals surface area contributed by atoms with Crippen molar-refractivity contribution in [3.63, 3.8) is 0 Å². The third-order valence-electron chi connectivity index (χ3n) is 7.28. The summed E-state index contributed by atoms with van der Waals surface area (Å²) >= 11 is 0. The van der Waals surface area contributed by atoms with E-state index in [1.54, 1.807) is 17.0 Å². The summed E-state index contributed by atoms with van der Waals surface area (Å²) in [5, 5.41) is 19.4. The molecule has 1 amide bonds. The molecule has 2 fully saturated rings. The Morgan fingerprint density at radius 2 is 1.93 bits per heavy atom. The van der Waals surface area contributed by atoms with Crippen molar-refractivity contribution >= 4 is 22.8 Å². The van der Waals surface area contributed by atoms with Crippen LogP contribution in [0.4, 0.5) is 5.69 Å². The molecule has 4 aromatic rings. The van der Waals surface area contributed by atoms with Gasteiger partial charge in [0, 0.05) is 42.9 Å². The van der Waals surface area contributed by atoms with Crippen LogP contribution < -0.4 is 9.64 Å². The summed E-state index contributed by atoms with van der Waals surface area (Å²) in [6.45, 7) is 5.54. The third kappa shape index (κ3) is 5.06. The lowest BCUT2D eigenvalue weighted by Gasteiger charge is -2.28. The number of benzene rings is 2. The number of aromatic amines is 1. The zero-order chi connectivity index (χ0) is 27.6. The lowest BCUT2D eigenvalue weighted by atomic mass is 10.1. The van der Waals surface area contributed by atoms with Gasteiger partial charge in [-0.3, -0.25) is 4.79 Å². The van der Waals surface area contributed by atoms with E-state index in [2.05, 4.69) is 38.1 Å². The molecular formula is C29H29N7O4. The summed E-state index contributed by atoms with van der Waals surface area (Å²) in [6.07, 6.45) is 0.801. The molecule has 2 N–H and O–H groups in total. The van der Waals surface area contributed by atoms with E-state index >= 15 is 0 Å². The number of rotatable bonds is 6. The van der Waals surface area contributed by atoms with Crippen LogP contribution >= 0.6 is 0 Å². The molecule has 0 aliphatic carbocycles. The van der Waals surface area contributed by atoms with Crippen molar-refractivity contribution in [2.75, 3.05) is 44.3 Å². The van der Waals surface area contributed by atoms with Crippen molar-refractivity contribution in [1.29, 1.82) is 5.26 Å². The zero-order valence-electron chi connectivity index (χ0n) is 22.1. The number of aromatic nitrogens is 4. The molecule has 2 aliphatic heterocycles. The SMILES string of the molecule is C[C@@H](O)C(=O)N1CC[C@@H](Oc2ccc(-c3ncnc4[nH]c(-c5ccc(N6CCOCC6)cc5)nc34)cc2C#N)C1. The average molecular weight is 540 g/mol. The predicted molar refractivity (Wildman–Crippen MR) is 148 cm³/mol. The molecular weight excluding hydrogens is 510 g/mol. The molecule has 0 radical (unpaired) electrons. The van der Waals surface area contributed by atoms with Crippen molar-refractivity contribution < 1.29 is 19.4 Å². The first-order valence-electron chi connectivity index (χ1n) is 13.3. The standard InChI is InChI=1S/C29H29N7O4/c1-18(37)29(38)36-9-8-23(16-36)40-24-7-4-20(14-21(24)15-30)25-26-28(32-17-31-25)34-27(33-26)19-2-5-22(6-3-19)35-10-12-39-13-11-35/h2-7,14,17-18,23,37H,8-13,16H2,1H3,(H,31,32,33,34)/t18-,23-/m1/s1. The zero-order valence-corrected chi connectivity index (χ0v) is 22.1. The Morgan fingerprint density at radius 1 is 1.15 bits per heavy atom. The van der Waals surface area contributed by atoms with E-state index in [9.17, 15) is 15.2 Å². The number of aliphatic hydroxyl groups excluding tert-OH is 1. The van der Waals surface area contributed by atoms with Gasteiger partial charge in [0.2, 0.25) is 0 Å². The highest BCUT2D eigenvalue weighted by molar-refractivity contribution is 5.89. The van der Waals surface area contributed by atoms with E-state index in [-0.39, 0.29) is 12.0 Å². The van der Waals surface area contributed by atoms with Crippen LogP contribution in [0.25, 0.3) is 33.8 Å². The van der Waals surface area contributed by atoms with Gasteiger partial charge in [0.15, 0.2) is 5.65 Å². The fourth-order valence-electron chi connectivity index (χ4n) is 5.16. The Morgan fingerprint density at radius 3 is 2.67 bits per heavy atom. The van der Waals surface area contributed by atoms with Gasteiger partial charge in [-0.1, -0.05) is 0 Å². The number of amides is 1. The Labute approximate surface area is 231 Å². The summed E-state index contributed by atoms with van der Waals surface area (Å²) in [6, 6.07) is 15.8. The van der Waals surface area contributed by atoms with E-state index in [1.165, 1.54) is 13.3 Å². The highest BCUT2D eigenvalue weighted by Crippen LogP contribution is 2.32. The second-order valence-corrected chi connectivity index (χ2v) is 9.96. The van der Waals surface area contributed by atoms with Gasteiger partial charge in [-0.25, -0.2) is 15.0 Å². The van der Waals surface area contributed by atoms with Crippen LogP contribution in [0.2, 0.25) is 0 Å². The van der Waals surface area contributed by atoms with Gasteiger partial charge >= 0.3 is 0 Å². The second-order valence-electron chi connectivity index (χ2n) is 9.96. The number of fused-ring (bicyclic) bond motifs is 1. The molecule has 2 aromatic carbocycles. The molecule has 0 saturated carbocycles. The van der Waals surface area contributed by atoms with Crippen LogP contribution in [0, 0.1) is 11.3 Å². The molecule has 40 heavy (non-hydrogen) atoms. The van der Waals surface area contributed by atoms with Gasteiger partial charge in [0.05, 0.1) is 25.3 Å². The smallest absolute Gasteiger partial charge is 0.251 e. The number of hydrogen-bond donors (Lipinski definition) is 2. The van der Waals surface area contributed by atoms with E-state index in [1.807, 2.05) is 18.2 Å². The normalized spacial score (nSPS) is 18.1. The predicted octanol–water partition coefficient (Wildman–Crippen LogP) is 2.76. The summed E-state index contributed by atoms with van der Waals surface area (Å²) in [5.74, 6) is 0.806. The van der Waals surface area contributed by atoms with Crippen molar-refractivity contribution in [3.8, 4) is 34.5 Å². The molecule has 2 aliphatic rings. The van der Waals surface area contributed by atoms with Gasteiger partial charge < -0.3 is 29.4 Å². The van der Waals surface area contributed by atoms with Crippen LogP contribution in [-0.2, 0) is 9.53 Å². The van der Waals surface area contributed by atoms with Gasteiger partial charge in [0.1, 0.15) is 47.4 Å². The van der Waals surface area contributed by atoms with E-state index in [0.717, 1.165) is 37.6 Å². The minimum Gasteiger partial charge on any atom is -0.487 e. The fourth-order valence-corrected chi connectivity index (χ4v) is 5.16. The lowest BCUT2D eigenvalue weighted by molar-refractivity contribution is -0.138. The van der Waals surface area contributed by atoms with Crippen molar-refractivity contribution in [1.82, 2.24) is 24.8 Å². The quantitative estimate of drug-likeness (QED) is 0.378. The Bertz CT molecular complexity index is 1570. The molecule has 2 aromatic heterocycles. The molecule has 4 heterocycles. The Kier molecular flexibility index (Phi) is 7.02. The van der Waals surface area contributed by atoms with Crippen molar-refractivity contribution in [2.45, 2.75) is 25.6 Å². The highest BCUT2D eigenvalue weighted by Gasteiger charge is 2.30. The number of hydrogen-bond acceptors (Lipinski definition) is 9. The van der Waals surface area contributed by atoms with Crippen LogP contribution in [0.3, 0.4) is 0 Å². The molecule has 204 valence electrons. The van der Waals surface area contributed by atoms with Gasteiger partial charge in [0.25, 0.3) is 5.91 Å². The number of ether oxygens (including phenoxy) is 2. The maximum absolute atomic E-state index is 12.1. The average Bonchev–Trinajstić information content (AvgIpc) is 3.65. The first kappa shape index (κ1) is 25.7. The number of morpholine rings is 1. The summed E-state index contributed by atoms with van der Waals surface area (Å²) < 4.78 is 11.5. The molecule has 2 atom stereocenters. The van der Waals surface area contributed by atoms with Gasteiger partial charge in [-0.05, 0) is 49.4 Å². The lowest BCUT2D eigenvalue weighted by Crippen LogP contribution is -2.37. The first-order chi connectivity index (χ1) is 19.5.